The maximum Gasteiger partial charge on any atom is 0.264 e. The van der Waals surface area contributed by atoms with E-state index in [-0.39, 0.29) is 15.5 Å². The molecule has 0 fully saturated rings. The summed E-state index contributed by atoms with van der Waals surface area (Å²) in [5, 5.41) is 8.85. The van der Waals surface area contributed by atoms with Crippen LogP contribution in [-0.2, 0) is 16.6 Å². The molecule has 0 saturated carbocycles. The Balaban J connectivity index is 2.52. The molecule has 21 heavy (non-hydrogen) atoms. The minimum absolute atomic E-state index is 0.0247. The molecule has 1 N–H and O–H groups in total. The van der Waals surface area contributed by atoms with Crippen LogP contribution in [0, 0.1) is 5.82 Å². The second kappa shape index (κ2) is 6.01. The van der Waals surface area contributed by atoms with Gasteiger partial charge in [-0.1, -0.05) is 29.8 Å². The van der Waals surface area contributed by atoms with E-state index in [0.717, 1.165) is 10.4 Å². The van der Waals surface area contributed by atoms with Crippen LogP contribution in [0.2, 0.25) is 5.02 Å². The van der Waals surface area contributed by atoms with Gasteiger partial charge in [0, 0.05) is 12.6 Å². The molecule has 2 aromatic rings. The Morgan fingerprint density at radius 3 is 2.43 bits per heavy atom. The smallest absolute Gasteiger partial charge is 0.264 e. The highest BCUT2D eigenvalue weighted by Gasteiger charge is 2.23. The zero-order valence-electron chi connectivity index (χ0n) is 11.1. The molecular weight excluding hydrogens is 317 g/mol. The van der Waals surface area contributed by atoms with Crippen molar-refractivity contribution in [2.75, 3.05) is 11.4 Å². The summed E-state index contributed by atoms with van der Waals surface area (Å²) in [5.41, 5.74) is 0.468. The number of anilines is 1. The van der Waals surface area contributed by atoms with Crippen molar-refractivity contribution in [3.63, 3.8) is 0 Å². The van der Waals surface area contributed by atoms with E-state index in [9.17, 15) is 12.8 Å². The Morgan fingerprint density at radius 1 is 1.24 bits per heavy atom. The molecule has 7 heteroatoms. The van der Waals surface area contributed by atoms with E-state index in [2.05, 4.69) is 0 Å². The third kappa shape index (κ3) is 3.02. The number of hydrogen-bond acceptors (Lipinski definition) is 3. The average molecular weight is 330 g/mol. The molecule has 0 atom stereocenters. The predicted octanol–water partition coefficient (Wildman–Crippen LogP) is 2.80. The van der Waals surface area contributed by atoms with E-state index >= 15 is 0 Å². The second-order valence-corrected chi connectivity index (χ2v) is 6.69. The van der Waals surface area contributed by atoms with Crippen LogP contribution in [0.5, 0.6) is 0 Å². The fraction of sp³-hybridized carbons (Fsp3) is 0.143. The molecule has 4 nitrogen and oxygen atoms in total. The Morgan fingerprint density at radius 2 is 1.86 bits per heavy atom. The van der Waals surface area contributed by atoms with Crippen LogP contribution in [0.1, 0.15) is 5.56 Å². The monoisotopic (exact) mass is 329 g/mol. The lowest BCUT2D eigenvalue weighted by Gasteiger charge is -2.20. The average Bonchev–Trinajstić information content (AvgIpc) is 2.49. The molecule has 0 aliphatic rings. The highest BCUT2D eigenvalue weighted by atomic mass is 35.5. The van der Waals surface area contributed by atoms with Crippen molar-refractivity contribution in [3.05, 3.63) is 58.9 Å². The van der Waals surface area contributed by atoms with E-state index < -0.39 is 22.4 Å². The first kappa shape index (κ1) is 15.8. The van der Waals surface area contributed by atoms with Gasteiger partial charge in [0.15, 0.2) is 0 Å². The van der Waals surface area contributed by atoms with E-state index in [1.165, 1.54) is 13.1 Å². The molecule has 0 bridgehead atoms. The standard InChI is InChI=1S/C14H13ClFNO3S/c1-17(11-5-3-2-4-6-11)21(19,20)12-7-10(9-18)14(15)13(16)8-12/h2-8,18H,9H2,1H3. The number of para-hydroxylation sites is 1. The van der Waals surface area contributed by atoms with Gasteiger partial charge >= 0.3 is 0 Å². The van der Waals surface area contributed by atoms with Crippen LogP contribution in [0.4, 0.5) is 10.1 Å². The van der Waals surface area contributed by atoms with E-state index in [0.29, 0.717) is 5.69 Å². The maximum atomic E-state index is 13.7. The molecule has 0 amide bonds. The summed E-state index contributed by atoms with van der Waals surface area (Å²) in [6, 6.07) is 10.4. The van der Waals surface area contributed by atoms with Crippen molar-refractivity contribution < 1.29 is 17.9 Å². The van der Waals surface area contributed by atoms with Gasteiger partial charge < -0.3 is 5.11 Å². The number of aliphatic hydroxyl groups excluding tert-OH is 1. The predicted molar refractivity (Wildman–Crippen MR) is 79.4 cm³/mol. The van der Waals surface area contributed by atoms with Gasteiger partial charge in [0.2, 0.25) is 0 Å². The molecule has 2 aromatic carbocycles. The summed E-state index contributed by atoms with van der Waals surface area (Å²) in [7, 11) is -2.57. The van der Waals surface area contributed by atoms with Gasteiger partial charge in [0.25, 0.3) is 10.0 Å². The maximum absolute atomic E-state index is 13.7. The molecule has 112 valence electrons. The summed E-state index contributed by atoms with van der Waals surface area (Å²) >= 11 is 5.67. The van der Waals surface area contributed by atoms with Crippen LogP contribution < -0.4 is 4.31 Å². The van der Waals surface area contributed by atoms with Gasteiger partial charge in [0.05, 0.1) is 22.2 Å². The Bertz CT molecular complexity index is 750. The van der Waals surface area contributed by atoms with Crippen molar-refractivity contribution >= 4 is 27.3 Å². The second-order valence-electron chi connectivity index (χ2n) is 4.34. The third-order valence-electron chi connectivity index (χ3n) is 3.03. The van der Waals surface area contributed by atoms with Crippen LogP contribution in [0.3, 0.4) is 0 Å². The van der Waals surface area contributed by atoms with Gasteiger partial charge in [-0.15, -0.1) is 0 Å². The molecule has 0 aromatic heterocycles. The molecule has 0 saturated heterocycles. The summed E-state index contributed by atoms with van der Waals surface area (Å²) in [5.74, 6) is -0.886. The van der Waals surface area contributed by atoms with Gasteiger partial charge in [-0.05, 0) is 24.3 Å². The number of nitrogens with zero attached hydrogens (tertiary/aromatic N) is 1. The lowest BCUT2D eigenvalue weighted by molar-refractivity contribution is 0.281. The molecule has 0 radical (unpaired) electrons. The number of aliphatic hydroxyl groups is 1. The lowest BCUT2D eigenvalue weighted by atomic mass is 10.2. The molecule has 0 aliphatic carbocycles. The van der Waals surface area contributed by atoms with Crippen LogP contribution in [0.25, 0.3) is 0 Å². The number of benzene rings is 2. The SMILES string of the molecule is CN(c1ccccc1)S(=O)(=O)c1cc(F)c(Cl)c(CO)c1. The van der Waals surface area contributed by atoms with Gasteiger partial charge in [-0.2, -0.15) is 0 Å². The summed E-state index contributed by atoms with van der Waals surface area (Å²) < 4.78 is 39.7. The van der Waals surface area contributed by atoms with Crippen LogP contribution in [-0.4, -0.2) is 20.6 Å². The van der Waals surface area contributed by atoms with Gasteiger partial charge in [-0.3, -0.25) is 4.31 Å². The number of sulfonamides is 1. The first-order valence-corrected chi connectivity index (χ1v) is 7.82. The minimum atomic E-state index is -3.94. The van der Waals surface area contributed by atoms with Gasteiger partial charge in [-0.25, -0.2) is 12.8 Å². The largest absolute Gasteiger partial charge is 0.392 e. The molecule has 0 aliphatic heterocycles. The number of rotatable bonds is 4. The normalized spacial score (nSPS) is 11.4. The molecule has 0 spiro atoms. The quantitative estimate of drug-likeness (QED) is 0.938. The zero-order chi connectivity index (χ0) is 15.6. The van der Waals surface area contributed by atoms with Crippen molar-refractivity contribution in [2.24, 2.45) is 0 Å². The van der Waals surface area contributed by atoms with E-state index in [1.54, 1.807) is 30.3 Å². The highest BCUT2D eigenvalue weighted by molar-refractivity contribution is 7.92. The van der Waals surface area contributed by atoms with Gasteiger partial charge in [0.1, 0.15) is 5.82 Å². The molecule has 2 rings (SSSR count). The summed E-state index contributed by atoms with van der Waals surface area (Å²) in [6.07, 6.45) is 0. The summed E-state index contributed by atoms with van der Waals surface area (Å²) in [4.78, 5) is -0.264. The van der Waals surface area contributed by atoms with E-state index in [4.69, 9.17) is 16.7 Å². The number of hydrogen-bond donors (Lipinski definition) is 1. The van der Waals surface area contributed by atoms with Crippen molar-refractivity contribution in [1.82, 2.24) is 0 Å². The Kier molecular flexibility index (Phi) is 4.51. The topological polar surface area (TPSA) is 57.6 Å². The van der Waals surface area contributed by atoms with Crippen LogP contribution in [0.15, 0.2) is 47.4 Å². The van der Waals surface area contributed by atoms with Crippen molar-refractivity contribution in [2.45, 2.75) is 11.5 Å². The van der Waals surface area contributed by atoms with Crippen molar-refractivity contribution in [3.8, 4) is 0 Å². The first-order valence-electron chi connectivity index (χ1n) is 6.00. The van der Waals surface area contributed by atoms with Crippen LogP contribution >= 0.6 is 11.6 Å². The van der Waals surface area contributed by atoms with E-state index in [1.807, 2.05) is 0 Å². The zero-order valence-corrected chi connectivity index (χ0v) is 12.7. The Labute approximate surface area is 127 Å². The van der Waals surface area contributed by atoms with Crippen molar-refractivity contribution in [1.29, 1.82) is 0 Å². The first-order chi connectivity index (χ1) is 9.87. The lowest BCUT2D eigenvalue weighted by Crippen LogP contribution is -2.26. The third-order valence-corrected chi connectivity index (χ3v) is 5.21. The molecule has 0 unspecified atom stereocenters. The minimum Gasteiger partial charge on any atom is -0.392 e. The Hall–Kier alpha value is -1.63. The fourth-order valence-corrected chi connectivity index (χ4v) is 3.25. The highest BCUT2D eigenvalue weighted by Crippen LogP contribution is 2.27. The number of halogens is 2. The fourth-order valence-electron chi connectivity index (χ4n) is 1.82. The summed E-state index contributed by atoms with van der Waals surface area (Å²) in [6.45, 7) is -0.547. The molecular formula is C14H13ClFNO3S. The molecule has 0 heterocycles.